The number of unbranched alkanes of at least 4 members (excludes halogenated alkanes) is 1. The first-order valence-electron chi connectivity index (χ1n) is 11.0. The first-order chi connectivity index (χ1) is 15.1. The van der Waals surface area contributed by atoms with E-state index in [0.717, 1.165) is 47.8 Å². The van der Waals surface area contributed by atoms with Crippen LogP contribution in [0.2, 0.25) is 0 Å². The highest BCUT2D eigenvalue weighted by Gasteiger charge is 2.23. The quantitative estimate of drug-likeness (QED) is 0.418. The normalized spacial score (nSPS) is 13.6. The van der Waals surface area contributed by atoms with E-state index in [0.29, 0.717) is 29.3 Å². The van der Waals surface area contributed by atoms with Crippen molar-refractivity contribution >= 4 is 38.4 Å². The molecule has 3 heterocycles. The smallest absolute Gasteiger partial charge is 0.269 e. The van der Waals surface area contributed by atoms with Gasteiger partial charge in [-0.15, -0.1) is 11.3 Å². The van der Waals surface area contributed by atoms with Gasteiger partial charge >= 0.3 is 0 Å². The van der Waals surface area contributed by atoms with E-state index in [1.54, 1.807) is 28.0 Å². The van der Waals surface area contributed by atoms with E-state index in [1.807, 2.05) is 6.92 Å². The Balaban J connectivity index is 1.84. The van der Waals surface area contributed by atoms with E-state index < -0.39 is 0 Å². The Bertz CT molecular complexity index is 1340. The van der Waals surface area contributed by atoms with Gasteiger partial charge in [0.05, 0.1) is 22.3 Å². The molecule has 0 saturated heterocycles. The van der Waals surface area contributed by atoms with E-state index in [4.69, 9.17) is 9.97 Å². The average Bonchev–Trinajstić information content (AvgIpc) is 3.13. The second kappa shape index (κ2) is 8.04. The standard InChI is InChI=1S/C24H25FN4OS/c1-3-4-13-26-24-28-21-19(23(30)29(24)16-11-9-15(25)10-12-16)14(2)27-22-20(21)17-7-5-6-8-18(17)31-22/h9-12H,3-8,13H2,1-2H3,(H,26,28). The van der Waals surface area contributed by atoms with Crippen molar-refractivity contribution in [1.29, 1.82) is 0 Å². The fraction of sp³-hybridized carbons (Fsp3) is 0.375. The monoisotopic (exact) mass is 436 g/mol. The highest BCUT2D eigenvalue weighted by atomic mass is 32.1. The number of halogens is 1. The van der Waals surface area contributed by atoms with Gasteiger partial charge in [0.2, 0.25) is 5.95 Å². The molecule has 0 radical (unpaired) electrons. The highest BCUT2D eigenvalue weighted by molar-refractivity contribution is 7.19. The van der Waals surface area contributed by atoms with Gasteiger partial charge in [0.1, 0.15) is 10.6 Å². The lowest BCUT2D eigenvalue weighted by Crippen LogP contribution is -2.25. The van der Waals surface area contributed by atoms with Crippen molar-refractivity contribution in [3.05, 3.63) is 56.6 Å². The van der Waals surface area contributed by atoms with E-state index in [1.165, 1.54) is 29.0 Å². The molecule has 0 spiro atoms. The lowest BCUT2D eigenvalue weighted by Gasteiger charge is -2.17. The molecule has 0 bridgehead atoms. The number of aromatic nitrogens is 3. The minimum absolute atomic E-state index is 0.168. The topological polar surface area (TPSA) is 59.8 Å². The van der Waals surface area contributed by atoms with Crippen molar-refractivity contribution in [2.75, 3.05) is 11.9 Å². The van der Waals surface area contributed by atoms with Gasteiger partial charge < -0.3 is 5.32 Å². The maximum Gasteiger partial charge on any atom is 0.269 e. The molecule has 0 saturated carbocycles. The van der Waals surface area contributed by atoms with Crippen molar-refractivity contribution in [3.8, 4) is 5.69 Å². The molecule has 5 nitrogen and oxygen atoms in total. The molecule has 1 aromatic carbocycles. The van der Waals surface area contributed by atoms with Crippen molar-refractivity contribution in [3.63, 3.8) is 0 Å². The van der Waals surface area contributed by atoms with Crippen LogP contribution in [0.25, 0.3) is 26.8 Å². The number of hydrogen-bond acceptors (Lipinski definition) is 5. The zero-order valence-corrected chi connectivity index (χ0v) is 18.6. The molecule has 4 aromatic rings. The molecule has 5 rings (SSSR count). The van der Waals surface area contributed by atoms with Crippen LogP contribution in [0.3, 0.4) is 0 Å². The Labute approximate surface area is 184 Å². The Morgan fingerprint density at radius 3 is 2.68 bits per heavy atom. The summed E-state index contributed by atoms with van der Waals surface area (Å²) in [6.07, 6.45) is 6.44. The number of hydrogen-bond donors (Lipinski definition) is 1. The molecule has 0 aliphatic heterocycles. The summed E-state index contributed by atoms with van der Waals surface area (Å²) in [6.45, 7) is 4.71. The second-order valence-corrected chi connectivity index (χ2v) is 9.23. The molecule has 3 aromatic heterocycles. The number of aryl methyl sites for hydroxylation is 3. The van der Waals surface area contributed by atoms with Crippen LogP contribution in [-0.2, 0) is 12.8 Å². The maximum absolute atomic E-state index is 13.8. The summed E-state index contributed by atoms with van der Waals surface area (Å²) in [5, 5.41) is 4.95. The van der Waals surface area contributed by atoms with Gasteiger partial charge in [-0.25, -0.2) is 18.9 Å². The minimum Gasteiger partial charge on any atom is -0.355 e. The third-order valence-corrected chi connectivity index (χ3v) is 7.19. The SMILES string of the molecule is CCCCNc1nc2c(c(C)nc3sc4c(c32)CCCC4)c(=O)n1-c1ccc(F)cc1. The number of anilines is 1. The lowest BCUT2D eigenvalue weighted by atomic mass is 9.96. The fourth-order valence-corrected chi connectivity index (χ4v) is 5.75. The zero-order chi connectivity index (χ0) is 21.5. The molecule has 7 heteroatoms. The van der Waals surface area contributed by atoms with Gasteiger partial charge in [-0.05, 0) is 68.9 Å². The van der Waals surface area contributed by atoms with Gasteiger partial charge in [0, 0.05) is 16.8 Å². The Morgan fingerprint density at radius 2 is 1.90 bits per heavy atom. The third-order valence-electron chi connectivity index (χ3n) is 6.00. The van der Waals surface area contributed by atoms with Gasteiger partial charge in [0.25, 0.3) is 5.56 Å². The zero-order valence-electron chi connectivity index (χ0n) is 17.8. The van der Waals surface area contributed by atoms with Gasteiger partial charge in [0.15, 0.2) is 0 Å². The number of nitrogens with one attached hydrogen (secondary N) is 1. The largest absolute Gasteiger partial charge is 0.355 e. The molecule has 0 amide bonds. The van der Waals surface area contributed by atoms with Gasteiger partial charge in [-0.1, -0.05) is 13.3 Å². The Kier molecular flexibility index (Phi) is 5.22. The van der Waals surface area contributed by atoms with Crippen LogP contribution in [-0.4, -0.2) is 21.1 Å². The number of rotatable bonds is 5. The highest BCUT2D eigenvalue weighted by Crippen LogP contribution is 2.39. The predicted octanol–water partition coefficient (Wildman–Crippen LogP) is 5.53. The van der Waals surface area contributed by atoms with E-state index >= 15 is 0 Å². The second-order valence-electron chi connectivity index (χ2n) is 8.14. The summed E-state index contributed by atoms with van der Waals surface area (Å²) < 4.78 is 15.1. The number of thiophene rings is 1. The summed E-state index contributed by atoms with van der Waals surface area (Å²) in [7, 11) is 0. The van der Waals surface area contributed by atoms with E-state index in [2.05, 4.69) is 12.2 Å². The molecule has 1 N–H and O–H groups in total. The van der Waals surface area contributed by atoms with E-state index in [9.17, 15) is 9.18 Å². The molecule has 0 unspecified atom stereocenters. The van der Waals surface area contributed by atoms with E-state index in [-0.39, 0.29) is 11.4 Å². The van der Waals surface area contributed by atoms with Crippen LogP contribution in [0.1, 0.15) is 48.7 Å². The molecular formula is C24H25FN4OS. The van der Waals surface area contributed by atoms with Gasteiger partial charge in [-0.3, -0.25) is 4.79 Å². The van der Waals surface area contributed by atoms with Crippen LogP contribution in [0.15, 0.2) is 29.1 Å². The lowest BCUT2D eigenvalue weighted by molar-refractivity contribution is 0.627. The summed E-state index contributed by atoms with van der Waals surface area (Å²) in [5.41, 5.74) is 3.17. The number of pyridine rings is 1. The summed E-state index contributed by atoms with van der Waals surface area (Å²) in [4.78, 5) is 25.9. The number of benzene rings is 1. The third kappa shape index (κ3) is 3.41. The minimum atomic E-state index is -0.338. The maximum atomic E-state index is 13.8. The van der Waals surface area contributed by atoms with Crippen LogP contribution >= 0.6 is 11.3 Å². The summed E-state index contributed by atoms with van der Waals surface area (Å²) in [6, 6.07) is 5.96. The Hall–Kier alpha value is -2.80. The molecule has 31 heavy (non-hydrogen) atoms. The molecule has 160 valence electrons. The first-order valence-corrected chi connectivity index (χ1v) is 11.8. The fourth-order valence-electron chi connectivity index (χ4n) is 4.44. The number of nitrogens with zero attached hydrogens (tertiary/aromatic N) is 3. The van der Waals surface area contributed by atoms with Gasteiger partial charge in [-0.2, -0.15) is 0 Å². The summed E-state index contributed by atoms with van der Waals surface area (Å²) >= 11 is 1.74. The average molecular weight is 437 g/mol. The van der Waals surface area contributed by atoms with Crippen LogP contribution < -0.4 is 10.9 Å². The van der Waals surface area contributed by atoms with Crippen LogP contribution in [0.4, 0.5) is 10.3 Å². The Morgan fingerprint density at radius 1 is 1.13 bits per heavy atom. The molecular weight excluding hydrogens is 411 g/mol. The molecule has 0 fully saturated rings. The first kappa shape index (κ1) is 20.1. The molecule has 0 atom stereocenters. The number of fused-ring (bicyclic) bond motifs is 5. The summed E-state index contributed by atoms with van der Waals surface area (Å²) in [5.74, 6) is 0.163. The molecule has 1 aliphatic rings. The molecule has 1 aliphatic carbocycles. The van der Waals surface area contributed by atoms with Crippen molar-refractivity contribution in [2.24, 2.45) is 0 Å². The van der Waals surface area contributed by atoms with Crippen molar-refractivity contribution < 1.29 is 4.39 Å². The predicted molar refractivity (Wildman–Crippen MR) is 125 cm³/mol. The van der Waals surface area contributed by atoms with Crippen LogP contribution in [0.5, 0.6) is 0 Å². The van der Waals surface area contributed by atoms with Crippen molar-refractivity contribution in [1.82, 2.24) is 14.5 Å². The van der Waals surface area contributed by atoms with Crippen molar-refractivity contribution in [2.45, 2.75) is 52.4 Å². The van der Waals surface area contributed by atoms with Crippen LogP contribution in [0, 0.1) is 12.7 Å².